The Labute approximate surface area is 216 Å². The van der Waals surface area contributed by atoms with Gasteiger partial charge in [0.15, 0.2) is 0 Å². The van der Waals surface area contributed by atoms with Crippen molar-refractivity contribution in [3.63, 3.8) is 0 Å². The molecule has 0 amide bonds. The van der Waals surface area contributed by atoms with E-state index in [4.69, 9.17) is 0 Å². The minimum atomic E-state index is -0.166. The highest BCUT2D eigenvalue weighted by molar-refractivity contribution is 5.22. The van der Waals surface area contributed by atoms with Crippen molar-refractivity contribution in [2.75, 3.05) is 6.67 Å². The van der Waals surface area contributed by atoms with Crippen molar-refractivity contribution in [2.24, 2.45) is 35.5 Å². The minimum Gasteiger partial charge on any atom is -0.251 e. The maximum atomic E-state index is 12.2. The highest BCUT2D eigenvalue weighted by Gasteiger charge is 2.34. The van der Waals surface area contributed by atoms with Crippen LogP contribution in [0.5, 0.6) is 0 Å². The maximum Gasteiger partial charge on any atom is 0.0894 e. The Hall–Kier alpha value is -1.11. The molecule has 0 saturated heterocycles. The van der Waals surface area contributed by atoms with Crippen LogP contribution in [0.25, 0.3) is 0 Å². The van der Waals surface area contributed by atoms with Crippen LogP contribution >= 0.6 is 0 Å². The Bertz CT molecular complexity index is 709. The molecule has 0 bridgehead atoms. The molecule has 0 aliphatic heterocycles. The number of halogens is 1. The molecule has 0 radical (unpaired) electrons. The zero-order valence-corrected chi connectivity index (χ0v) is 22.7. The van der Waals surface area contributed by atoms with Gasteiger partial charge in [-0.25, -0.2) is 0 Å². The van der Waals surface area contributed by atoms with Crippen LogP contribution in [0.2, 0.25) is 0 Å². The van der Waals surface area contributed by atoms with E-state index in [1.54, 1.807) is 0 Å². The van der Waals surface area contributed by atoms with Crippen molar-refractivity contribution in [1.29, 1.82) is 0 Å². The average molecular weight is 481 g/mol. The summed E-state index contributed by atoms with van der Waals surface area (Å²) in [5.74, 6) is 6.01. The molecular weight excluding hydrogens is 427 g/mol. The molecule has 0 N–H and O–H groups in total. The topological polar surface area (TPSA) is 0 Å². The van der Waals surface area contributed by atoms with Gasteiger partial charge in [0, 0.05) is 0 Å². The fourth-order valence-electron chi connectivity index (χ4n) is 7.96. The van der Waals surface area contributed by atoms with E-state index in [2.05, 4.69) is 43.3 Å². The molecule has 3 aliphatic rings. The second kappa shape index (κ2) is 14.6. The standard InChI is InChI=1S/C34H53F/c1-2-6-27-14-18-31(19-15-27)33-22-24-34(25-23-33)32-20-16-30(17-21-32)13-12-29-10-8-28(9-11-29)7-4-3-5-26-35/h2,6,8-11,27,30-34H,3-5,7,12-26H2,1H3/t27-,30-,31-,32-,33-,34-. The Morgan fingerprint density at radius 3 is 1.63 bits per heavy atom. The van der Waals surface area contributed by atoms with Crippen molar-refractivity contribution in [3.8, 4) is 0 Å². The zero-order valence-electron chi connectivity index (χ0n) is 22.7. The summed E-state index contributed by atoms with van der Waals surface area (Å²) in [6, 6.07) is 9.32. The van der Waals surface area contributed by atoms with E-state index in [1.165, 1.54) is 101 Å². The summed E-state index contributed by atoms with van der Waals surface area (Å²) in [7, 11) is 0. The number of aryl methyl sites for hydroxylation is 2. The van der Waals surface area contributed by atoms with Crippen LogP contribution in [0.15, 0.2) is 36.4 Å². The summed E-state index contributed by atoms with van der Waals surface area (Å²) in [6.07, 6.45) is 29.3. The van der Waals surface area contributed by atoms with Crippen LogP contribution in [0.1, 0.15) is 121 Å². The van der Waals surface area contributed by atoms with Gasteiger partial charge in [0.1, 0.15) is 0 Å². The lowest BCUT2D eigenvalue weighted by molar-refractivity contribution is 0.107. The lowest BCUT2D eigenvalue weighted by atomic mass is 9.65. The molecule has 196 valence electrons. The lowest BCUT2D eigenvalue weighted by Gasteiger charge is -2.41. The van der Waals surface area contributed by atoms with Crippen molar-refractivity contribution < 1.29 is 4.39 Å². The average Bonchev–Trinajstić information content (AvgIpc) is 2.92. The summed E-state index contributed by atoms with van der Waals surface area (Å²) in [5, 5.41) is 0. The van der Waals surface area contributed by atoms with Gasteiger partial charge in [-0.3, -0.25) is 4.39 Å². The molecule has 0 heterocycles. The molecule has 0 atom stereocenters. The van der Waals surface area contributed by atoms with Crippen LogP contribution in [0, 0.1) is 35.5 Å². The van der Waals surface area contributed by atoms with Crippen LogP contribution in [0.4, 0.5) is 4.39 Å². The highest BCUT2D eigenvalue weighted by Crippen LogP contribution is 2.46. The van der Waals surface area contributed by atoms with Gasteiger partial charge in [-0.05, 0) is 150 Å². The number of hydrogen-bond acceptors (Lipinski definition) is 0. The van der Waals surface area contributed by atoms with Crippen molar-refractivity contribution >= 4 is 0 Å². The molecule has 0 nitrogen and oxygen atoms in total. The zero-order chi connectivity index (χ0) is 24.3. The maximum absolute atomic E-state index is 12.2. The van der Waals surface area contributed by atoms with Gasteiger partial charge < -0.3 is 0 Å². The first-order valence-electron chi connectivity index (χ1n) is 15.5. The fraction of sp³-hybridized carbons (Fsp3) is 0.765. The van der Waals surface area contributed by atoms with Gasteiger partial charge in [0.25, 0.3) is 0 Å². The molecule has 1 heteroatoms. The van der Waals surface area contributed by atoms with E-state index in [1.807, 2.05) is 0 Å². The predicted molar refractivity (Wildman–Crippen MR) is 149 cm³/mol. The first-order valence-corrected chi connectivity index (χ1v) is 15.5. The smallest absolute Gasteiger partial charge is 0.0894 e. The second-order valence-corrected chi connectivity index (χ2v) is 12.5. The summed E-state index contributed by atoms with van der Waals surface area (Å²) >= 11 is 0. The van der Waals surface area contributed by atoms with Gasteiger partial charge in [-0.15, -0.1) is 0 Å². The molecule has 1 aromatic rings. The number of unbranched alkanes of at least 4 members (excludes halogenated alkanes) is 2. The van der Waals surface area contributed by atoms with Crippen LogP contribution in [-0.4, -0.2) is 6.67 Å². The first-order chi connectivity index (χ1) is 17.2. The number of allylic oxidation sites excluding steroid dienone is 2. The molecule has 3 aliphatic carbocycles. The monoisotopic (exact) mass is 480 g/mol. The summed E-state index contributed by atoms with van der Waals surface area (Å²) in [6.45, 7) is 2.02. The molecular formula is C34H53F. The van der Waals surface area contributed by atoms with Crippen molar-refractivity contribution in [1.82, 2.24) is 0 Å². The molecule has 4 rings (SSSR count). The molecule has 3 fully saturated rings. The van der Waals surface area contributed by atoms with Gasteiger partial charge in [0.2, 0.25) is 0 Å². The highest BCUT2D eigenvalue weighted by atomic mass is 19.1. The first kappa shape index (κ1) is 26.9. The third kappa shape index (κ3) is 8.46. The van der Waals surface area contributed by atoms with E-state index in [0.29, 0.717) is 0 Å². The van der Waals surface area contributed by atoms with Crippen molar-refractivity contribution in [3.05, 3.63) is 47.5 Å². The van der Waals surface area contributed by atoms with Crippen molar-refractivity contribution in [2.45, 2.75) is 122 Å². The SMILES string of the molecule is CC=C[C@H]1CC[C@H]([C@H]2CC[C@H]([C@H]3CC[C@H](CCc4ccc(CCCCCF)cc4)CC3)CC2)CC1. The third-order valence-electron chi connectivity index (χ3n) is 10.3. The van der Waals surface area contributed by atoms with E-state index in [9.17, 15) is 4.39 Å². The lowest BCUT2D eigenvalue weighted by Crippen LogP contribution is -2.29. The number of hydrogen-bond donors (Lipinski definition) is 0. The fourth-order valence-corrected chi connectivity index (χ4v) is 7.96. The van der Waals surface area contributed by atoms with Gasteiger partial charge in [-0.2, -0.15) is 0 Å². The van der Waals surface area contributed by atoms with E-state index < -0.39 is 0 Å². The Morgan fingerprint density at radius 1 is 0.629 bits per heavy atom. The Balaban J connectivity index is 1.10. The normalized spacial score (nSPS) is 32.2. The molecule has 3 saturated carbocycles. The van der Waals surface area contributed by atoms with E-state index in [0.717, 1.165) is 61.2 Å². The molecule has 0 spiro atoms. The van der Waals surface area contributed by atoms with Gasteiger partial charge in [0.05, 0.1) is 6.67 Å². The number of rotatable bonds is 11. The largest absolute Gasteiger partial charge is 0.251 e. The summed E-state index contributed by atoms with van der Waals surface area (Å²) < 4.78 is 12.2. The Kier molecular flexibility index (Phi) is 11.2. The molecule has 1 aromatic carbocycles. The van der Waals surface area contributed by atoms with Crippen LogP contribution < -0.4 is 0 Å². The Morgan fingerprint density at radius 2 is 1.11 bits per heavy atom. The molecule has 0 unspecified atom stereocenters. The molecule has 35 heavy (non-hydrogen) atoms. The summed E-state index contributed by atoms with van der Waals surface area (Å²) in [4.78, 5) is 0. The molecule has 0 aromatic heterocycles. The van der Waals surface area contributed by atoms with Gasteiger partial charge >= 0.3 is 0 Å². The quantitative estimate of drug-likeness (QED) is 0.218. The van der Waals surface area contributed by atoms with Crippen LogP contribution in [0.3, 0.4) is 0 Å². The predicted octanol–water partition coefficient (Wildman–Crippen LogP) is 10.3. The second-order valence-electron chi connectivity index (χ2n) is 12.5. The summed E-state index contributed by atoms with van der Waals surface area (Å²) in [5.41, 5.74) is 2.93. The third-order valence-corrected chi connectivity index (χ3v) is 10.3. The van der Waals surface area contributed by atoms with E-state index in [-0.39, 0.29) is 6.67 Å². The number of benzene rings is 1. The van der Waals surface area contributed by atoms with E-state index >= 15 is 0 Å². The van der Waals surface area contributed by atoms with Gasteiger partial charge in [-0.1, -0.05) is 55.7 Å². The van der Waals surface area contributed by atoms with Crippen LogP contribution in [-0.2, 0) is 12.8 Å². The number of alkyl halides is 1. The minimum absolute atomic E-state index is 0.166.